The molecule has 2 nitrogen and oxygen atoms in total. The average Bonchev–Trinajstić information content (AvgIpc) is 2.68. The fourth-order valence-corrected chi connectivity index (χ4v) is 14.2. The Balaban J connectivity index is 4.27. The predicted molar refractivity (Wildman–Crippen MR) is 140 cm³/mol. The van der Waals surface area contributed by atoms with Crippen molar-refractivity contribution in [3.05, 3.63) is 0 Å². The van der Waals surface area contributed by atoms with Crippen molar-refractivity contribution in [1.29, 1.82) is 0 Å². The summed E-state index contributed by atoms with van der Waals surface area (Å²) in [6.45, 7) is 15.5. The zero-order chi connectivity index (χ0) is 21.0. The van der Waals surface area contributed by atoms with Crippen LogP contribution in [0.3, 0.4) is 0 Å². The Bertz CT molecular complexity index is 283. The molecule has 28 heavy (non-hydrogen) atoms. The fourth-order valence-electron chi connectivity index (χ4n) is 4.30. The highest BCUT2D eigenvalue weighted by Crippen LogP contribution is 2.27. The number of hydrogen-bond donors (Lipinski definition) is 0. The van der Waals surface area contributed by atoms with Gasteiger partial charge in [-0.25, -0.2) is 0 Å². The molecule has 2 unspecified atom stereocenters. The van der Waals surface area contributed by atoms with Gasteiger partial charge in [0.15, 0.2) is 0 Å². The highest BCUT2D eigenvalue weighted by molar-refractivity contribution is 8.76. The van der Waals surface area contributed by atoms with Gasteiger partial charge in [0.25, 0.3) is 0 Å². The molecule has 0 saturated heterocycles. The topological polar surface area (TPSA) is 18.5 Å². The minimum absolute atomic E-state index is 0.597. The molecule has 170 valence electrons. The number of rotatable bonds is 21. The number of ether oxygens (including phenoxy) is 2. The molecule has 0 amide bonds. The van der Waals surface area contributed by atoms with Gasteiger partial charge in [-0.1, -0.05) is 99.1 Å². The summed E-state index contributed by atoms with van der Waals surface area (Å²) >= 11 is 0. The van der Waals surface area contributed by atoms with E-state index in [1.54, 1.807) is 0 Å². The molecule has 0 N–H and O–H groups in total. The van der Waals surface area contributed by atoms with E-state index in [9.17, 15) is 0 Å². The molecule has 2 atom stereocenters. The Morgan fingerprint density at radius 2 is 0.893 bits per heavy atom. The van der Waals surface area contributed by atoms with Crippen LogP contribution < -0.4 is 0 Å². The Kier molecular flexibility index (Phi) is 22.1. The van der Waals surface area contributed by atoms with Crippen LogP contribution in [0.2, 0.25) is 24.2 Å². The molecule has 0 heterocycles. The van der Waals surface area contributed by atoms with Crippen LogP contribution in [0.1, 0.15) is 80.1 Å². The van der Waals surface area contributed by atoms with E-state index in [4.69, 9.17) is 9.47 Å². The second-order valence-corrected chi connectivity index (χ2v) is 17.4. The minimum atomic E-state index is -0.740. The van der Waals surface area contributed by atoms with E-state index in [-0.39, 0.29) is 0 Å². The third-order valence-corrected chi connectivity index (χ3v) is 16.4. The standard InChI is InChI=1S/C22H50O2S2Si2/c1-7-17-27(18-8-2)21(23-11-5)13-15-25-26-16-14-22(24-12-6)28(19-9-3)20-10-4/h21-22,27-28H,7-20H2,1-6H3. The van der Waals surface area contributed by atoms with E-state index < -0.39 is 17.6 Å². The van der Waals surface area contributed by atoms with Gasteiger partial charge in [0.2, 0.25) is 0 Å². The van der Waals surface area contributed by atoms with Crippen LogP contribution in [-0.4, -0.2) is 53.8 Å². The molecule has 0 bridgehead atoms. The van der Waals surface area contributed by atoms with Gasteiger partial charge in [-0.05, 0) is 26.7 Å². The molecule has 0 aliphatic rings. The second-order valence-electron chi connectivity index (χ2n) is 7.88. The zero-order valence-corrected chi connectivity index (χ0v) is 23.8. The van der Waals surface area contributed by atoms with Gasteiger partial charge in [-0.2, -0.15) is 0 Å². The maximum atomic E-state index is 6.20. The maximum absolute atomic E-state index is 6.20. The lowest BCUT2D eigenvalue weighted by Crippen LogP contribution is -2.34. The highest BCUT2D eigenvalue weighted by atomic mass is 33.1. The van der Waals surface area contributed by atoms with Gasteiger partial charge in [-0.15, -0.1) is 0 Å². The molecule has 0 fully saturated rings. The van der Waals surface area contributed by atoms with Crippen molar-refractivity contribution in [3.63, 3.8) is 0 Å². The lowest BCUT2D eigenvalue weighted by molar-refractivity contribution is 0.111. The lowest BCUT2D eigenvalue weighted by Gasteiger charge is -2.26. The molecular weight excluding hydrogens is 417 g/mol. The van der Waals surface area contributed by atoms with Gasteiger partial charge in [0.05, 0.1) is 17.6 Å². The minimum Gasteiger partial charge on any atom is -0.382 e. The SMILES string of the molecule is CCC[SiH](CCC)C(CCSSCCC(OCC)[SiH](CCC)CCC)OCC. The fraction of sp³-hybridized carbons (Fsp3) is 1.00. The first kappa shape index (κ1) is 29.1. The Labute approximate surface area is 188 Å². The molecule has 0 spiro atoms. The third-order valence-electron chi connectivity index (χ3n) is 5.51. The first-order valence-electron chi connectivity index (χ1n) is 12.2. The monoisotopic (exact) mass is 466 g/mol. The van der Waals surface area contributed by atoms with Gasteiger partial charge in [0.1, 0.15) is 0 Å². The van der Waals surface area contributed by atoms with Crippen molar-refractivity contribution >= 4 is 39.2 Å². The summed E-state index contributed by atoms with van der Waals surface area (Å²) in [7, 11) is 2.68. The quantitative estimate of drug-likeness (QED) is 0.102. The van der Waals surface area contributed by atoms with Crippen molar-refractivity contribution in [2.75, 3.05) is 24.7 Å². The molecule has 0 aliphatic heterocycles. The lowest BCUT2D eigenvalue weighted by atomic mass is 10.5. The molecular formula is C22H50O2S2Si2. The Morgan fingerprint density at radius 3 is 1.14 bits per heavy atom. The summed E-state index contributed by atoms with van der Waals surface area (Å²) in [5, 5.41) is 0. The largest absolute Gasteiger partial charge is 0.382 e. The molecule has 0 saturated carbocycles. The first-order chi connectivity index (χ1) is 13.7. The van der Waals surface area contributed by atoms with Crippen LogP contribution in [-0.2, 0) is 9.47 Å². The van der Waals surface area contributed by atoms with E-state index in [1.165, 1.54) is 74.2 Å². The van der Waals surface area contributed by atoms with Crippen LogP contribution >= 0.6 is 21.6 Å². The van der Waals surface area contributed by atoms with Crippen LogP contribution in [0.5, 0.6) is 0 Å². The summed E-state index contributed by atoms with van der Waals surface area (Å²) in [6, 6.07) is 5.81. The first-order valence-corrected chi connectivity index (χ1v) is 19.2. The summed E-state index contributed by atoms with van der Waals surface area (Å²) in [4.78, 5) is 0. The van der Waals surface area contributed by atoms with Crippen molar-refractivity contribution in [2.24, 2.45) is 0 Å². The average molecular weight is 467 g/mol. The van der Waals surface area contributed by atoms with Gasteiger partial charge >= 0.3 is 0 Å². The summed E-state index contributed by atoms with van der Waals surface area (Å²) in [6.07, 6.45) is 7.87. The Morgan fingerprint density at radius 1 is 0.571 bits per heavy atom. The van der Waals surface area contributed by atoms with Crippen LogP contribution in [0.4, 0.5) is 0 Å². The van der Waals surface area contributed by atoms with Gasteiger partial charge < -0.3 is 9.47 Å². The smallest absolute Gasteiger partial charge is 0.0717 e. The van der Waals surface area contributed by atoms with Crippen molar-refractivity contribution < 1.29 is 9.47 Å². The Hall–Kier alpha value is 1.05. The van der Waals surface area contributed by atoms with Crippen LogP contribution in [0, 0.1) is 0 Å². The van der Waals surface area contributed by atoms with Crippen molar-refractivity contribution in [2.45, 2.75) is 116 Å². The zero-order valence-electron chi connectivity index (χ0n) is 19.8. The molecule has 6 heteroatoms. The maximum Gasteiger partial charge on any atom is 0.0717 e. The molecule has 0 rings (SSSR count). The second kappa shape index (κ2) is 21.3. The normalized spacial score (nSPS) is 14.1. The van der Waals surface area contributed by atoms with E-state index in [2.05, 4.69) is 63.1 Å². The highest BCUT2D eigenvalue weighted by Gasteiger charge is 2.23. The summed E-state index contributed by atoms with van der Waals surface area (Å²) < 4.78 is 12.4. The van der Waals surface area contributed by atoms with Crippen LogP contribution in [0.15, 0.2) is 0 Å². The molecule has 0 radical (unpaired) electrons. The van der Waals surface area contributed by atoms with E-state index >= 15 is 0 Å². The summed E-state index contributed by atoms with van der Waals surface area (Å²) in [5.41, 5.74) is 1.19. The number of hydrogen-bond acceptors (Lipinski definition) is 4. The van der Waals surface area contributed by atoms with E-state index in [0.717, 1.165) is 13.2 Å². The summed E-state index contributed by atoms with van der Waals surface area (Å²) in [5.74, 6) is 2.49. The molecule has 0 aromatic carbocycles. The molecule has 0 aromatic rings. The van der Waals surface area contributed by atoms with Crippen LogP contribution in [0.25, 0.3) is 0 Å². The third kappa shape index (κ3) is 14.1. The van der Waals surface area contributed by atoms with E-state index in [1.807, 2.05) is 0 Å². The van der Waals surface area contributed by atoms with Gasteiger partial charge in [0, 0.05) is 36.2 Å². The molecule has 0 aromatic heterocycles. The van der Waals surface area contributed by atoms with Gasteiger partial charge in [-0.3, -0.25) is 0 Å². The van der Waals surface area contributed by atoms with Crippen molar-refractivity contribution in [3.8, 4) is 0 Å². The predicted octanol–water partition coefficient (Wildman–Crippen LogP) is 7.13. The van der Waals surface area contributed by atoms with Crippen molar-refractivity contribution in [1.82, 2.24) is 0 Å². The molecule has 0 aliphatic carbocycles. The van der Waals surface area contributed by atoms with E-state index in [0.29, 0.717) is 11.5 Å².